The molecule has 19 heteroatoms. The maximum atomic E-state index is 12.0. The third-order valence-corrected chi connectivity index (χ3v) is 7.05. The number of phosphoric acid groups is 2. The summed E-state index contributed by atoms with van der Waals surface area (Å²) < 4.78 is 42.9. The minimum Gasteiger partial charge on any atom is -0.390 e. The van der Waals surface area contributed by atoms with E-state index in [-0.39, 0.29) is 6.42 Å². The number of nitrogens with zero attached hydrogens (tertiary/aromatic N) is 1. The molecule has 194 valence electrons. The maximum Gasteiger partial charge on any atom is 0.481 e. The van der Waals surface area contributed by atoms with E-state index in [4.69, 9.17) is 9.84 Å². The highest BCUT2D eigenvalue weighted by atomic mass is 31.3. The third kappa shape index (κ3) is 7.98. The molecule has 0 aliphatic carbocycles. The van der Waals surface area contributed by atoms with E-state index in [0.29, 0.717) is 0 Å². The molecule has 0 radical (unpaired) electrons. The lowest BCUT2D eigenvalue weighted by atomic mass is 10.1. The standard InChI is InChI=1S/C15H24N2O15P2/c1-7(18)13(22)14(23)9(20)5-29-33(25,26)32-34(27,28)30-6-10-8(19)4-12(31-10)17-3-2-11(21)16-15(17)24/h2-3,7-10,12,14,18-20,23H,4-6H2,1H3,(H,25,26)(H,27,28)(H,16,21,24)/t7-,8+,9+,10-,12-,14-/m1/s1. The van der Waals surface area contributed by atoms with Gasteiger partial charge in [0.1, 0.15) is 30.6 Å². The van der Waals surface area contributed by atoms with Gasteiger partial charge in [-0.25, -0.2) is 13.9 Å². The number of H-pyrrole nitrogens is 1. The van der Waals surface area contributed by atoms with E-state index >= 15 is 0 Å². The Kier molecular flexibility index (Phi) is 9.63. The maximum absolute atomic E-state index is 12.0. The van der Waals surface area contributed by atoms with Crippen molar-refractivity contribution in [2.75, 3.05) is 13.2 Å². The summed E-state index contributed by atoms with van der Waals surface area (Å²) in [5.41, 5.74) is -1.49. The Hall–Kier alpha value is -1.59. The number of Topliss-reactive ketones (excluding diaryl/α,β-unsaturated/α-hetero) is 1. The van der Waals surface area contributed by atoms with Crippen LogP contribution in [-0.2, 0) is 32.0 Å². The van der Waals surface area contributed by atoms with Gasteiger partial charge in [0.2, 0.25) is 0 Å². The topological polar surface area (TPSA) is 264 Å². The van der Waals surface area contributed by atoms with Gasteiger partial charge in [0.25, 0.3) is 5.56 Å². The molecule has 0 spiro atoms. The van der Waals surface area contributed by atoms with Gasteiger partial charge in [0.05, 0.1) is 19.3 Å². The smallest absolute Gasteiger partial charge is 0.390 e. The van der Waals surface area contributed by atoms with Crippen LogP contribution in [0.4, 0.5) is 0 Å². The number of nitrogens with one attached hydrogen (secondary N) is 1. The van der Waals surface area contributed by atoms with Crippen LogP contribution in [0.25, 0.3) is 0 Å². The summed E-state index contributed by atoms with van der Waals surface area (Å²) >= 11 is 0. The van der Waals surface area contributed by atoms with Gasteiger partial charge in [0.15, 0.2) is 5.78 Å². The molecule has 2 unspecified atom stereocenters. The van der Waals surface area contributed by atoms with Crippen molar-refractivity contribution >= 4 is 21.4 Å². The lowest BCUT2D eigenvalue weighted by molar-refractivity contribution is -0.142. The molecule has 2 heterocycles. The number of aromatic nitrogens is 2. The van der Waals surface area contributed by atoms with Gasteiger partial charge in [-0.05, 0) is 6.92 Å². The Morgan fingerprint density at radius 2 is 1.85 bits per heavy atom. The Bertz CT molecular complexity index is 1070. The second-order valence-corrected chi connectivity index (χ2v) is 10.2. The van der Waals surface area contributed by atoms with Gasteiger partial charge in [-0.15, -0.1) is 0 Å². The van der Waals surface area contributed by atoms with E-state index in [2.05, 4.69) is 13.4 Å². The van der Waals surface area contributed by atoms with Crippen LogP contribution in [0.3, 0.4) is 0 Å². The fourth-order valence-electron chi connectivity index (χ4n) is 2.73. The van der Waals surface area contributed by atoms with Gasteiger partial charge in [-0.2, -0.15) is 4.31 Å². The average Bonchev–Trinajstić information content (AvgIpc) is 3.09. The fourth-order valence-corrected chi connectivity index (χ4v) is 4.83. The van der Waals surface area contributed by atoms with Crippen LogP contribution in [0.1, 0.15) is 19.6 Å². The van der Waals surface area contributed by atoms with Crippen molar-refractivity contribution in [3.05, 3.63) is 33.1 Å². The fraction of sp³-hybridized carbons (Fsp3) is 0.667. The van der Waals surface area contributed by atoms with Crippen molar-refractivity contribution in [2.24, 2.45) is 0 Å². The summed E-state index contributed by atoms with van der Waals surface area (Å²) in [5, 5.41) is 38.2. The van der Waals surface area contributed by atoms with E-state index in [1.54, 1.807) is 0 Å². The molecule has 0 aromatic carbocycles. The summed E-state index contributed by atoms with van der Waals surface area (Å²) in [6.45, 7) is -1.04. The molecule has 34 heavy (non-hydrogen) atoms. The molecule has 0 saturated carbocycles. The number of ketones is 1. The molecule has 7 N–H and O–H groups in total. The van der Waals surface area contributed by atoms with Gasteiger partial charge in [0, 0.05) is 18.7 Å². The highest BCUT2D eigenvalue weighted by molar-refractivity contribution is 7.61. The summed E-state index contributed by atoms with van der Waals surface area (Å²) in [6, 6.07) is 1.03. The van der Waals surface area contributed by atoms with Crippen LogP contribution in [-0.4, -0.2) is 89.3 Å². The van der Waals surface area contributed by atoms with Gasteiger partial charge in [-0.1, -0.05) is 0 Å². The van der Waals surface area contributed by atoms with E-state index in [0.717, 1.165) is 23.8 Å². The second kappa shape index (κ2) is 11.4. The molecule has 1 aliphatic rings. The SMILES string of the molecule is C[C@@H](O)C(=O)[C@H](O)[C@@H](O)COP(=O)(O)OP(=O)(O)OC[C@H]1O[C@@H](n2ccc(=O)[nH]c2=O)C[C@@H]1O. The molecule has 8 atom stereocenters. The van der Waals surface area contributed by atoms with Gasteiger partial charge < -0.3 is 34.9 Å². The van der Waals surface area contributed by atoms with Crippen molar-refractivity contribution in [3.63, 3.8) is 0 Å². The molecule has 1 aliphatic heterocycles. The highest BCUT2D eigenvalue weighted by Crippen LogP contribution is 2.60. The first kappa shape index (κ1) is 28.6. The number of hydrogen-bond acceptors (Lipinski definition) is 13. The van der Waals surface area contributed by atoms with Crippen molar-refractivity contribution in [1.82, 2.24) is 9.55 Å². The molecule has 17 nitrogen and oxygen atoms in total. The molecule has 2 rings (SSSR count). The molecule has 1 fully saturated rings. The zero-order valence-electron chi connectivity index (χ0n) is 17.4. The second-order valence-electron chi connectivity index (χ2n) is 7.15. The lowest BCUT2D eigenvalue weighted by Gasteiger charge is -2.21. The Morgan fingerprint density at radius 1 is 1.24 bits per heavy atom. The number of ether oxygens (including phenoxy) is 1. The zero-order chi connectivity index (χ0) is 25.8. The average molecular weight is 534 g/mol. The Morgan fingerprint density at radius 3 is 2.44 bits per heavy atom. The summed E-state index contributed by atoms with van der Waals surface area (Å²) in [6.07, 6.45) is -8.61. The molecular weight excluding hydrogens is 510 g/mol. The van der Waals surface area contributed by atoms with Crippen LogP contribution >= 0.6 is 15.6 Å². The number of aromatic amines is 1. The predicted octanol–water partition coefficient (Wildman–Crippen LogP) is -2.89. The van der Waals surface area contributed by atoms with Crippen molar-refractivity contribution in [2.45, 2.75) is 50.1 Å². The van der Waals surface area contributed by atoms with Crippen LogP contribution in [0.15, 0.2) is 21.9 Å². The number of rotatable bonds is 12. The molecule has 0 bridgehead atoms. The van der Waals surface area contributed by atoms with E-state index in [1.807, 2.05) is 4.98 Å². The van der Waals surface area contributed by atoms with Crippen molar-refractivity contribution in [3.8, 4) is 0 Å². The number of aliphatic hydroxyl groups excluding tert-OH is 4. The number of hydrogen-bond donors (Lipinski definition) is 7. The van der Waals surface area contributed by atoms with Crippen LogP contribution in [0.2, 0.25) is 0 Å². The summed E-state index contributed by atoms with van der Waals surface area (Å²) in [4.78, 5) is 55.5. The summed E-state index contributed by atoms with van der Waals surface area (Å²) in [7, 11) is -10.7. The first-order valence-corrected chi connectivity index (χ1v) is 12.5. The van der Waals surface area contributed by atoms with Gasteiger partial charge >= 0.3 is 21.3 Å². The minimum absolute atomic E-state index is 0.163. The molecular formula is C15H24N2O15P2. The number of carbonyl (C=O) groups excluding carboxylic acids is 1. The first-order chi connectivity index (χ1) is 15.6. The molecule has 1 saturated heterocycles. The molecule has 0 amide bonds. The summed E-state index contributed by atoms with van der Waals surface area (Å²) in [5.74, 6) is -1.21. The Balaban J connectivity index is 1.90. The zero-order valence-corrected chi connectivity index (χ0v) is 19.2. The van der Waals surface area contributed by atoms with E-state index in [1.165, 1.54) is 0 Å². The van der Waals surface area contributed by atoms with Crippen LogP contribution in [0.5, 0.6) is 0 Å². The van der Waals surface area contributed by atoms with Crippen LogP contribution in [0, 0.1) is 0 Å². The lowest BCUT2D eigenvalue weighted by Crippen LogP contribution is -2.41. The predicted molar refractivity (Wildman–Crippen MR) is 107 cm³/mol. The molecule has 1 aromatic rings. The molecule has 1 aromatic heterocycles. The number of phosphoric ester groups is 2. The van der Waals surface area contributed by atoms with E-state index in [9.17, 15) is 48.6 Å². The largest absolute Gasteiger partial charge is 0.481 e. The normalized spacial score (nSPS) is 26.9. The van der Waals surface area contributed by atoms with Crippen molar-refractivity contribution in [1.29, 1.82) is 0 Å². The minimum atomic E-state index is -5.37. The number of carbonyl (C=O) groups is 1. The number of aliphatic hydroxyl groups is 4. The van der Waals surface area contributed by atoms with Crippen molar-refractivity contribution < 1.29 is 62.2 Å². The highest BCUT2D eigenvalue weighted by Gasteiger charge is 2.41. The first-order valence-electron chi connectivity index (χ1n) is 9.51. The monoisotopic (exact) mass is 534 g/mol. The third-order valence-electron chi connectivity index (χ3n) is 4.45. The van der Waals surface area contributed by atoms with Gasteiger partial charge in [-0.3, -0.25) is 28.2 Å². The van der Waals surface area contributed by atoms with Crippen LogP contribution < -0.4 is 11.2 Å². The van der Waals surface area contributed by atoms with E-state index < -0.39 is 82.6 Å². The Labute approximate surface area is 190 Å². The quantitative estimate of drug-likeness (QED) is 0.133.